The van der Waals surface area contributed by atoms with Gasteiger partial charge in [-0.3, -0.25) is 4.79 Å². The zero-order chi connectivity index (χ0) is 23.7. The van der Waals surface area contributed by atoms with Gasteiger partial charge in [0.2, 0.25) is 0 Å². The Hall–Kier alpha value is -3.04. The van der Waals surface area contributed by atoms with Crippen molar-refractivity contribution in [3.63, 3.8) is 0 Å². The lowest BCUT2D eigenvalue weighted by Crippen LogP contribution is -2.41. The Balaban J connectivity index is 2.00. The summed E-state index contributed by atoms with van der Waals surface area (Å²) in [4.78, 5) is 25.4. The Labute approximate surface area is 188 Å². The summed E-state index contributed by atoms with van der Waals surface area (Å²) in [6.07, 6.45) is 0. The minimum atomic E-state index is -0.721. The molecule has 0 atom stereocenters. The fourth-order valence-electron chi connectivity index (χ4n) is 3.34. The highest BCUT2D eigenvalue weighted by Gasteiger charge is 2.51. The van der Waals surface area contributed by atoms with Crippen molar-refractivity contribution >= 4 is 30.1 Å². The summed E-state index contributed by atoms with van der Waals surface area (Å²) < 4.78 is 27.7. The minimum Gasteiger partial charge on any atom is -0.496 e. The molecule has 0 radical (unpaired) electrons. The van der Waals surface area contributed by atoms with Gasteiger partial charge in [-0.2, -0.15) is 0 Å². The summed E-state index contributed by atoms with van der Waals surface area (Å²) >= 11 is 0. The van der Waals surface area contributed by atoms with Gasteiger partial charge in [0.1, 0.15) is 17.1 Å². The van der Waals surface area contributed by atoms with Crippen molar-refractivity contribution in [2.24, 2.45) is 0 Å². The first kappa shape index (κ1) is 23.6. The smallest absolute Gasteiger partial charge is 0.494 e. The number of esters is 1. The number of carbonyl (C=O) groups is 2. The zero-order valence-electron chi connectivity index (χ0n) is 19.4. The second-order valence-electron chi connectivity index (χ2n) is 8.42. The highest BCUT2D eigenvalue weighted by Crippen LogP contribution is 2.37. The number of nitrogens with one attached hydrogen (secondary N) is 1. The van der Waals surface area contributed by atoms with Gasteiger partial charge in [0.05, 0.1) is 38.1 Å². The van der Waals surface area contributed by atoms with Gasteiger partial charge in [0.25, 0.3) is 5.91 Å². The Morgan fingerprint density at radius 3 is 1.97 bits per heavy atom. The molecule has 32 heavy (non-hydrogen) atoms. The molecule has 0 aromatic heterocycles. The normalized spacial score (nSPS) is 16.4. The van der Waals surface area contributed by atoms with Crippen LogP contribution in [0.4, 0.5) is 5.69 Å². The van der Waals surface area contributed by atoms with Gasteiger partial charge >= 0.3 is 13.1 Å². The van der Waals surface area contributed by atoms with Crippen LogP contribution in [0.5, 0.6) is 11.5 Å². The van der Waals surface area contributed by atoms with Gasteiger partial charge < -0.3 is 28.8 Å². The average Bonchev–Trinajstić information content (AvgIpc) is 2.99. The first-order valence-electron chi connectivity index (χ1n) is 10.1. The van der Waals surface area contributed by atoms with Crippen LogP contribution in [0.15, 0.2) is 36.4 Å². The first-order valence-corrected chi connectivity index (χ1v) is 10.1. The molecular formula is C23H28BNO7. The quantitative estimate of drug-likeness (QED) is 0.544. The Bertz CT molecular complexity index is 997. The summed E-state index contributed by atoms with van der Waals surface area (Å²) in [5, 5.41) is 2.81. The molecule has 0 saturated carbocycles. The molecule has 0 aliphatic carbocycles. The number of ether oxygens (including phenoxy) is 3. The van der Waals surface area contributed by atoms with Crippen molar-refractivity contribution < 1.29 is 33.1 Å². The monoisotopic (exact) mass is 441 g/mol. The van der Waals surface area contributed by atoms with Gasteiger partial charge in [-0.25, -0.2) is 4.79 Å². The van der Waals surface area contributed by atoms with Gasteiger partial charge in [-0.1, -0.05) is 6.07 Å². The van der Waals surface area contributed by atoms with E-state index in [1.165, 1.54) is 27.4 Å². The van der Waals surface area contributed by atoms with Crippen molar-refractivity contribution in [3.05, 3.63) is 47.5 Å². The van der Waals surface area contributed by atoms with E-state index in [-0.39, 0.29) is 11.1 Å². The number of rotatable bonds is 6. The van der Waals surface area contributed by atoms with Crippen molar-refractivity contribution in [2.75, 3.05) is 26.6 Å². The number of amides is 1. The maximum atomic E-state index is 13.1. The Morgan fingerprint density at radius 2 is 1.47 bits per heavy atom. The van der Waals surface area contributed by atoms with Crippen LogP contribution >= 0.6 is 0 Å². The van der Waals surface area contributed by atoms with Gasteiger partial charge in [-0.05, 0) is 63.5 Å². The molecule has 0 unspecified atom stereocenters. The number of methoxy groups -OCH3 is 3. The van der Waals surface area contributed by atoms with E-state index in [9.17, 15) is 9.59 Å². The number of hydrogen-bond donors (Lipinski definition) is 1. The largest absolute Gasteiger partial charge is 0.496 e. The number of hydrogen-bond acceptors (Lipinski definition) is 7. The van der Waals surface area contributed by atoms with Crippen LogP contribution in [0.1, 0.15) is 48.4 Å². The molecule has 2 aromatic rings. The summed E-state index contributed by atoms with van der Waals surface area (Å²) in [7, 11) is 3.52. The SMILES string of the molecule is COC(=O)c1cc(NC(=O)c2c(OC)cccc2OC)cc(B2OC(C)(C)C(C)(C)O2)c1. The topological polar surface area (TPSA) is 92.3 Å². The van der Waals surface area contributed by atoms with Crippen LogP contribution in [-0.2, 0) is 14.0 Å². The Kier molecular flexibility index (Phi) is 6.52. The van der Waals surface area contributed by atoms with Crippen LogP contribution in [0.25, 0.3) is 0 Å². The maximum absolute atomic E-state index is 13.1. The van der Waals surface area contributed by atoms with Crippen molar-refractivity contribution in [1.29, 1.82) is 0 Å². The van der Waals surface area contributed by atoms with Crippen LogP contribution in [0, 0.1) is 0 Å². The molecule has 0 spiro atoms. The van der Waals surface area contributed by atoms with Gasteiger partial charge in [0, 0.05) is 5.69 Å². The molecule has 3 rings (SSSR count). The average molecular weight is 441 g/mol. The molecule has 1 saturated heterocycles. The predicted octanol–water partition coefficient (Wildman–Crippen LogP) is 3.04. The van der Waals surface area contributed by atoms with E-state index in [0.29, 0.717) is 22.6 Å². The predicted molar refractivity (Wildman–Crippen MR) is 121 cm³/mol. The molecule has 1 heterocycles. The summed E-state index contributed by atoms with van der Waals surface area (Å²) in [6.45, 7) is 7.75. The van der Waals surface area contributed by atoms with E-state index in [1.807, 2.05) is 27.7 Å². The van der Waals surface area contributed by atoms with Gasteiger partial charge in [-0.15, -0.1) is 0 Å². The van der Waals surface area contributed by atoms with Crippen LogP contribution in [0.2, 0.25) is 0 Å². The molecule has 2 aromatic carbocycles. The molecule has 1 fully saturated rings. The van der Waals surface area contributed by atoms with Crippen LogP contribution in [0.3, 0.4) is 0 Å². The fourth-order valence-corrected chi connectivity index (χ4v) is 3.34. The van der Waals surface area contributed by atoms with Crippen LogP contribution in [-0.4, -0.2) is 51.5 Å². The number of anilines is 1. The summed E-state index contributed by atoms with van der Waals surface area (Å²) in [6, 6.07) is 9.92. The molecule has 170 valence electrons. The summed E-state index contributed by atoms with van der Waals surface area (Å²) in [5.41, 5.74) is 0.310. The van der Waals surface area contributed by atoms with Crippen molar-refractivity contribution in [3.8, 4) is 11.5 Å². The van der Waals surface area contributed by atoms with Crippen molar-refractivity contribution in [1.82, 2.24) is 0 Å². The van der Waals surface area contributed by atoms with E-state index >= 15 is 0 Å². The lowest BCUT2D eigenvalue weighted by molar-refractivity contribution is 0.00578. The third-order valence-electron chi connectivity index (χ3n) is 5.81. The molecule has 1 aliphatic rings. The standard InChI is InChI=1S/C23H28BNO7/c1-22(2)23(3,4)32-24(31-22)15-11-14(21(27)30-7)12-16(13-15)25-20(26)19-17(28-5)9-8-10-18(19)29-6/h8-13H,1-7H3,(H,25,26). The fraction of sp³-hybridized carbons (Fsp3) is 0.391. The minimum absolute atomic E-state index is 0.234. The van der Waals surface area contributed by atoms with E-state index < -0.39 is 30.2 Å². The maximum Gasteiger partial charge on any atom is 0.494 e. The second kappa shape index (κ2) is 8.84. The lowest BCUT2D eigenvalue weighted by Gasteiger charge is -2.32. The Morgan fingerprint density at radius 1 is 0.906 bits per heavy atom. The molecule has 9 heteroatoms. The molecule has 1 amide bonds. The van der Waals surface area contributed by atoms with E-state index in [0.717, 1.165) is 0 Å². The molecule has 1 aliphatic heterocycles. The molecule has 0 bridgehead atoms. The molecule has 8 nitrogen and oxygen atoms in total. The number of carbonyl (C=O) groups excluding carboxylic acids is 2. The number of benzene rings is 2. The molecule has 1 N–H and O–H groups in total. The molecular weight excluding hydrogens is 413 g/mol. The van der Waals surface area contributed by atoms with Crippen molar-refractivity contribution in [2.45, 2.75) is 38.9 Å². The van der Waals surface area contributed by atoms with E-state index in [4.69, 9.17) is 23.5 Å². The third kappa shape index (κ3) is 4.44. The summed E-state index contributed by atoms with van der Waals surface area (Å²) in [5.74, 6) is -0.288. The second-order valence-corrected chi connectivity index (χ2v) is 8.42. The highest BCUT2D eigenvalue weighted by molar-refractivity contribution is 6.62. The van der Waals surface area contributed by atoms with E-state index in [2.05, 4.69) is 5.32 Å². The lowest BCUT2D eigenvalue weighted by atomic mass is 9.78. The van der Waals surface area contributed by atoms with Gasteiger partial charge in [0.15, 0.2) is 0 Å². The third-order valence-corrected chi connectivity index (χ3v) is 5.81. The highest BCUT2D eigenvalue weighted by atomic mass is 16.7. The van der Waals surface area contributed by atoms with Crippen LogP contribution < -0.4 is 20.3 Å². The zero-order valence-corrected chi connectivity index (χ0v) is 19.4. The first-order chi connectivity index (χ1) is 15.0. The van der Waals surface area contributed by atoms with E-state index in [1.54, 1.807) is 30.3 Å².